The Labute approximate surface area is 155 Å². The standard InChI is InChI=1S/C18H23N5O4/c1-11(10-24)19-17-20-15-14(16(25)22(3)18(26)21(15)2)23(17)9-12-6-5-7-13(8-12)27-4/h5-8,11,24H,9-10H2,1-4H3,(H,19,20). The second-order valence-electron chi connectivity index (χ2n) is 6.48. The van der Waals surface area contributed by atoms with Gasteiger partial charge in [-0.15, -0.1) is 0 Å². The Balaban J connectivity index is 2.25. The first kappa shape index (κ1) is 18.7. The number of nitrogens with one attached hydrogen (secondary N) is 1. The lowest BCUT2D eigenvalue weighted by atomic mass is 10.2. The van der Waals surface area contributed by atoms with Gasteiger partial charge in [0.15, 0.2) is 11.2 Å². The van der Waals surface area contributed by atoms with Crippen molar-refractivity contribution in [2.24, 2.45) is 14.1 Å². The molecule has 2 N–H and O–H groups in total. The fraction of sp³-hybridized carbons (Fsp3) is 0.389. The van der Waals surface area contributed by atoms with Crippen LogP contribution in [0.25, 0.3) is 11.2 Å². The van der Waals surface area contributed by atoms with Crippen molar-refractivity contribution in [1.82, 2.24) is 18.7 Å². The lowest BCUT2D eigenvalue weighted by molar-refractivity contribution is 0.281. The van der Waals surface area contributed by atoms with Crippen molar-refractivity contribution in [2.75, 3.05) is 19.0 Å². The van der Waals surface area contributed by atoms with Crippen molar-refractivity contribution in [3.8, 4) is 5.75 Å². The van der Waals surface area contributed by atoms with Gasteiger partial charge < -0.3 is 15.2 Å². The zero-order valence-electron chi connectivity index (χ0n) is 15.8. The summed E-state index contributed by atoms with van der Waals surface area (Å²) in [6, 6.07) is 7.22. The Morgan fingerprint density at radius 1 is 1.26 bits per heavy atom. The number of hydrogen-bond acceptors (Lipinski definition) is 6. The van der Waals surface area contributed by atoms with Crippen molar-refractivity contribution < 1.29 is 9.84 Å². The number of ether oxygens (including phenoxy) is 1. The van der Waals surface area contributed by atoms with Gasteiger partial charge in [0.25, 0.3) is 5.56 Å². The molecule has 9 nitrogen and oxygen atoms in total. The minimum absolute atomic E-state index is 0.0979. The molecule has 0 saturated heterocycles. The van der Waals surface area contributed by atoms with Gasteiger partial charge in [0.2, 0.25) is 5.95 Å². The Hall–Kier alpha value is -3.07. The molecule has 1 unspecified atom stereocenters. The van der Waals surface area contributed by atoms with Crippen molar-refractivity contribution in [2.45, 2.75) is 19.5 Å². The van der Waals surface area contributed by atoms with Crippen LogP contribution in [0.5, 0.6) is 5.75 Å². The Bertz CT molecular complexity index is 1100. The quantitative estimate of drug-likeness (QED) is 0.643. The molecule has 1 aromatic carbocycles. The molecule has 0 aliphatic carbocycles. The number of benzene rings is 1. The van der Waals surface area contributed by atoms with Gasteiger partial charge in [0.1, 0.15) is 5.75 Å². The second-order valence-corrected chi connectivity index (χ2v) is 6.48. The zero-order chi connectivity index (χ0) is 19.7. The summed E-state index contributed by atoms with van der Waals surface area (Å²) in [6.07, 6.45) is 0. The third-order valence-corrected chi connectivity index (χ3v) is 4.47. The molecule has 0 amide bonds. The van der Waals surface area contributed by atoms with Gasteiger partial charge in [-0.25, -0.2) is 4.79 Å². The van der Waals surface area contributed by atoms with Crippen LogP contribution < -0.4 is 21.3 Å². The number of methoxy groups -OCH3 is 1. The van der Waals surface area contributed by atoms with Gasteiger partial charge in [0, 0.05) is 20.1 Å². The van der Waals surface area contributed by atoms with E-state index >= 15 is 0 Å². The molecule has 0 saturated carbocycles. The monoisotopic (exact) mass is 373 g/mol. The second kappa shape index (κ2) is 7.28. The average Bonchev–Trinajstić information content (AvgIpc) is 3.02. The summed E-state index contributed by atoms with van der Waals surface area (Å²) in [7, 11) is 4.61. The highest BCUT2D eigenvalue weighted by Crippen LogP contribution is 2.20. The van der Waals surface area contributed by atoms with Crippen molar-refractivity contribution >= 4 is 17.1 Å². The third kappa shape index (κ3) is 3.33. The van der Waals surface area contributed by atoms with Crippen molar-refractivity contribution in [1.29, 1.82) is 0 Å². The zero-order valence-corrected chi connectivity index (χ0v) is 15.8. The van der Waals surface area contributed by atoms with E-state index in [-0.39, 0.29) is 12.6 Å². The number of aromatic nitrogens is 4. The number of aliphatic hydroxyl groups is 1. The molecule has 0 bridgehead atoms. The molecule has 27 heavy (non-hydrogen) atoms. The van der Waals surface area contributed by atoms with Crippen LogP contribution in [0, 0.1) is 0 Å². The summed E-state index contributed by atoms with van der Waals surface area (Å²) in [5.74, 6) is 1.11. The van der Waals surface area contributed by atoms with Crippen LogP contribution in [-0.2, 0) is 20.6 Å². The van der Waals surface area contributed by atoms with E-state index in [0.717, 1.165) is 10.1 Å². The van der Waals surface area contributed by atoms with E-state index in [1.54, 1.807) is 25.6 Å². The lowest BCUT2D eigenvalue weighted by Crippen LogP contribution is -2.37. The average molecular weight is 373 g/mol. The summed E-state index contributed by atoms with van der Waals surface area (Å²) >= 11 is 0. The first-order valence-electron chi connectivity index (χ1n) is 8.54. The molecule has 0 spiro atoms. The number of imidazole rings is 1. The minimum Gasteiger partial charge on any atom is -0.497 e. The molecule has 0 aliphatic rings. The van der Waals surface area contributed by atoms with E-state index in [4.69, 9.17) is 4.74 Å². The van der Waals surface area contributed by atoms with Gasteiger partial charge in [-0.1, -0.05) is 12.1 Å². The number of nitrogens with zero attached hydrogens (tertiary/aromatic N) is 4. The third-order valence-electron chi connectivity index (χ3n) is 4.47. The Morgan fingerprint density at radius 2 is 2.00 bits per heavy atom. The lowest BCUT2D eigenvalue weighted by Gasteiger charge is -2.14. The molecular weight excluding hydrogens is 350 g/mol. The normalized spacial score (nSPS) is 12.3. The fourth-order valence-corrected chi connectivity index (χ4v) is 2.93. The minimum atomic E-state index is -0.444. The van der Waals surface area contributed by atoms with E-state index in [1.165, 1.54) is 11.6 Å². The van der Waals surface area contributed by atoms with E-state index in [9.17, 15) is 14.7 Å². The molecule has 2 aromatic heterocycles. The molecule has 3 rings (SSSR count). The van der Waals surface area contributed by atoms with Crippen LogP contribution in [0.15, 0.2) is 33.9 Å². The van der Waals surface area contributed by atoms with E-state index in [2.05, 4.69) is 10.3 Å². The highest BCUT2D eigenvalue weighted by atomic mass is 16.5. The number of anilines is 1. The molecule has 9 heteroatoms. The summed E-state index contributed by atoms with van der Waals surface area (Å²) in [5.41, 5.74) is 0.645. The first-order valence-corrected chi connectivity index (χ1v) is 8.54. The van der Waals surface area contributed by atoms with Crippen LogP contribution in [0.4, 0.5) is 5.95 Å². The molecular formula is C18H23N5O4. The molecule has 1 atom stereocenters. The van der Waals surface area contributed by atoms with Crippen LogP contribution in [0.1, 0.15) is 12.5 Å². The van der Waals surface area contributed by atoms with Crippen LogP contribution >= 0.6 is 0 Å². The molecule has 0 aliphatic heterocycles. The van der Waals surface area contributed by atoms with Crippen molar-refractivity contribution in [3.05, 3.63) is 50.7 Å². The van der Waals surface area contributed by atoms with E-state index < -0.39 is 11.2 Å². The molecule has 144 valence electrons. The van der Waals surface area contributed by atoms with Crippen LogP contribution in [0.3, 0.4) is 0 Å². The Morgan fingerprint density at radius 3 is 2.67 bits per heavy atom. The summed E-state index contributed by atoms with van der Waals surface area (Å²) in [6.45, 7) is 2.05. The summed E-state index contributed by atoms with van der Waals surface area (Å²) < 4.78 is 9.39. The predicted molar refractivity (Wildman–Crippen MR) is 102 cm³/mol. The molecule has 0 fully saturated rings. The maximum absolute atomic E-state index is 12.8. The highest BCUT2D eigenvalue weighted by Gasteiger charge is 2.20. The van der Waals surface area contributed by atoms with Gasteiger partial charge in [-0.3, -0.25) is 18.5 Å². The van der Waals surface area contributed by atoms with Gasteiger partial charge >= 0.3 is 5.69 Å². The largest absolute Gasteiger partial charge is 0.497 e. The van der Waals surface area contributed by atoms with E-state index in [0.29, 0.717) is 29.4 Å². The van der Waals surface area contributed by atoms with E-state index in [1.807, 2.05) is 24.3 Å². The summed E-state index contributed by atoms with van der Waals surface area (Å²) in [4.78, 5) is 29.5. The SMILES string of the molecule is COc1cccc(Cn2c(NC(C)CO)nc3c2c(=O)n(C)c(=O)n3C)c1. The molecule has 2 heterocycles. The Kier molecular flexibility index (Phi) is 5.04. The van der Waals surface area contributed by atoms with Crippen LogP contribution in [-0.4, -0.2) is 43.6 Å². The smallest absolute Gasteiger partial charge is 0.332 e. The number of aryl methyl sites for hydroxylation is 1. The first-order chi connectivity index (χ1) is 12.9. The van der Waals surface area contributed by atoms with Crippen molar-refractivity contribution in [3.63, 3.8) is 0 Å². The molecule has 3 aromatic rings. The summed E-state index contributed by atoms with van der Waals surface area (Å²) in [5, 5.41) is 12.5. The maximum Gasteiger partial charge on any atom is 0.332 e. The van der Waals surface area contributed by atoms with Crippen LogP contribution in [0.2, 0.25) is 0 Å². The number of fused-ring (bicyclic) bond motifs is 1. The maximum atomic E-state index is 12.8. The predicted octanol–water partition coefficient (Wildman–Crippen LogP) is 0.283. The molecule has 0 radical (unpaired) electrons. The van der Waals surface area contributed by atoms with Gasteiger partial charge in [0.05, 0.1) is 20.3 Å². The fourth-order valence-electron chi connectivity index (χ4n) is 2.93. The van der Waals surface area contributed by atoms with Gasteiger partial charge in [-0.05, 0) is 24.6 Å². The number of hydrogen-bond donors (Lipinski definition) is 2. The number of aliphatic hydroxyl groups excluding tert-OH is 1. The highest BCUT2D eigenvalue weighted by molar-refractivity contribution is 5.74. The van der Waals surface area contributed by atoms with Gasteiger partial charge in [-0.2, -0.15) is 4.98 Å². The number of rotatable bonds is 6. The topological polar surface area (TPSA) is 103 Å².